The summed E-state index contributed by atoms with van der Waals surface area (Å²) in [6.45, 7) is 19.5. The molecule has 0 saturated carbocycles. The van der Waals surface area contributed by atoms with Gasteiger partial charge in [0.1, 0.15) is 0 Å². The van der Waals surface area contributed by atoms with E-state index in [1.54, 1.807) is 5.19 Å². The van der Waals surface area contributed by atoms with E-state index in [0.29, 0.717) is 26.4 Å². The van der Waals surface area contributed by atoms with Gasteiger partial charge in [0, 0.05) is 27.2 Å². The fourth-order valence-corrected chi connectivity index (χ4v) is 7.88. The summed E-state index contributed by atoms with van der Waals surface area (Å²) in [6, 6.07) is 9.44. The molecule has 148 valence electrons. The van der Waals surface area contributed by atoms with Crippen LogP contribution in [0.15, 0.2) is 24.3 Å². The molecular formula is C20H37NO3Si2. The Morgan fingerprint density at radius 1 is 0.731 bits per heavy atom. The summed E-state index contributed by atoms with van der Waals surface area (Å²) in [7, 11) is -2.45. The summed E-state index contributed by atoms with van der Waals surface area (Å²) in [4.78, 5) is 2.43. The first-order chi connectivity index (χ1) is 12.3. The van der Waals surface area contributed by atoms with Gasteiger partial charge in [0.15, 0.2) is 0 Å². The van der Waals surface area contributed by atoms with Crippen molar-refractivity contribution in [2.45, 2.75) is 39.3 Å². The van der Waals surface area contributed by atoms with E-state index >= 15 is 0 Å². The molecule has 4 nitrogen and oxygen atoms in total. The van der Waals surface area contributed by atoms with E-state index in [1.807, 2.05) is 0 Å². The number of nitrogens with zero attached hydrogens (tertiary/aromatic N) is 1. The molecule has 26 heavy (non-hydrogen) atoms. The van der Waals surface area contributed by atoms with Crippen molar-refractivity contribution in [3.63, 3.8) is 0 Å². The van der Waals surface area contributed by atoms with Crippen molar-refractivity contribution in [2.24, 2.45) is 0 Å². The molecule has 0 spiro atoms. The molecule has 1 aliphatic heterocycles. The minimum absolute atomic E-state index is 0.654. The quantitative estimate of drug-likeness (QED) is 0.734. The highest BCUT2D eigenvalue weighted by atomic mass is 29.3. The molecule has 1 heterocycles. The van der Waals surface area contributed by atoms with E-state index in [2.05, 4.69) is 61.9 Å². The molecule has 0 N–H and O–H groups in total. The van der Waals surface area contributed by atoms with Gasteiger partial charge in [0.2, 0.25) is 0 Å². The fraction of sp³-hybridized carbons (Fsp3) is 0.700. The Labute approximate surface area is 161 Å². The Bertz CT molecular complexity index is 517. The Morgan fingerprint density at radius 2 is 1.19 bits per heavy atom. The van der Waals surface area contributed by atoms with Crippen LogP contribution in [0.5, 0.6) is 0 Å². The molecule has 0 unspecified atom stereocenters. The number of ether oxygens (including phenoxy) is 3. The Morgan fingerprint density at radius 3 is 1.65 bits per heavy atom. The number of hydrogen-bond donors (Lipinski definition) is 0. The highest BCUT2D eigenvalue weighted by Crippen LogP contribution is 2.19. The van der Waals surface area contributed by atoms with Gasteiger partial charge in [-0.15, -0.1) is 0 Å². The molecule has 1 saturated heterocycles. The molecule has 1 fully saturated rings. The zero-order chi connectivity index (χ0) is 19.0. The largest absolute Gasteiger partial charge is 0.378 e. The van der Waals surface area contributed by atoms with Gasteiger partial charge in [0.25, 0.3) is 0 Å². The maximum Gasteiger partial charge on any atom is 0.0736 e. The lowest BCUT2D eigenvalue weighted by Gasteiger charge is -2.36. The molecule has 0 aromatic heterocycles. The smallest absolute Gasteiger partial charge is 0.0736 e. The van der Waals surface area contributed by atoms with Crippen molar-refractivity contribution in [3.8, 4) is 0 Å². The summed E-state index contributed by atoms with van der Waals surface area (Å²) in [5.41, 5.74) is 1.38. The lowest BCUT2D eigenvalue weighted by atomic mass is 10.2. The molecule has 1 aliphatic rings. The van der Waals surface area contributed by atoms with Crippen LogP contribution in [0.25, 0.3) is 0 Å². The predicted octanol–water partition coefficient (Wildman–Crippen LogP) is 2.88. The third-order valence-electron chi connectivity index (χ3n) is 5.80. The summed E-state index contributed by atoms with van der Waals surface area (Å²) in [6.07, 6.45) is 0. The first kappa shape index (κ1) is 21.8. The third kappa shape index (κ3) is 6.58. The standard InChI is InChI=1S/C20H37NO3Si2/c1-25(2,3)26(4,5)20-8-6-19(7-9-20)18-21-10-12-22-14-16-24-17-15-23-13-11-21/h6-9H,10-18H2,1-5H3. The molecule has 0 radical (unpaired) electrons. The van der Waals surface area contributed by atoms with E-state index in [4.69, 9.17) is 14.2 Å². The van der Waals surface area contributed by atoms with Gasteiger partial charge >= 0.3 is 0 Å². The molecular weight excluding hydrogens is 358 g/mol. The van der Waals surface area contributed by atoms with Crippen LogP contribution in [-0.4, -0.2) is 72.8 Å². The second kappa shape index (κ2) is 10.2. The lowest BCUT2D eigenvalue weighted by Crippen LogP contribution is -2.61. The van der Waals surface area contributed by atoms with Gasteiger partial charge in [-0.1, -0.05) is 62.2 Å². The number of benzene rings is 1. The van der Waals surface area contributed by atoms with Crippen molar-refractivity contribution in [3.05, 3.63) is 29.8 Å². The van der Waals surface area contributed by atoms with E-state index in [0.717, 1.165) is 32.8 Å². The van der Waals surface area contributed by atoms with E-state index in [9.17, 15) is 0 Å². The van der Waals surface area contributed by atoms with Gasteiger partial charge < -0.3 is 14.2 Å². The molecule has 2 rings (SSSR count). The molecule has 0 amide bonds. The molecule has 6 heteroatoms. The highest BCUT2D eigenvalue weighted by Gasteiger charge is 2.38. The van der Waals surface area contributed by atoms with E-state index in [1.165, 1.54) is 5.56 Å². The maximum absolute atomic E-state index is 5.68. The fourth-order valence-electron chi connectivity index (χ4n) is 2.92. The average molecular weight is 396 g/mol. The van der Waals surface area contributed by atoms with Crippen LogP contribution >= 0.6 is 0 Å². The van der Waals surface area contributed by atoms with Crippen molar-refractivity contribution in [2.75, 3.05) is 52.7 Å². The van der Waals surface area contributed by atoms with Crippen LogP contribution in [0.4, 0.5) is 0 Å². The predicted molar refractivity (Wildman–Crippen MR) is 115 cm³/mol. The first-order valence-electron chi connectivity index (χ1n) is 9.86. The minimum Gasteiger partial charge on any atom is -0.378 e. The van der Waals surface area contributed by atoms with Crippen molar-refractivity contribution in [1.82, 2.24) is 4.90 Å². The summed E-state index contributed by atoms with van der Waals surface area (Å²) in [5.74, 6) is 0. The van der Waals surface area contributed by atoms with E-state index < -0.39 is 15.2 Å². The van der Waals surface area contributed by atoms with Gasteiger partial charge in [-0.05, 0) is 5.56 Å². The topological polar surface area (TPSA) is 30.9 Å². The first-order valence-corrected chi connectivity index (χ1v) is 17.4. The van der Waals surface area contributed by atoms with Crippen LogP contribution in [0, 0.1) is 0 Å². The third-order valence-corrected chi connectivity index (χ3v) is 23.4. The van der Waals surface area contributed by atoms with Crippen LogP contribution in [-0.2, 0) is 20.8 Å². The molecule has 0 bridgehead atoms. The summed E-state index contributed by atoms with van der Waals surface area (Å²) in [5, 5.41) is 1.60. The van der Waals surface area contributed by atoms with Crippen LogP contribution in [0.3, 0.4) is 0 Å². The monoisotopic (exact) mass is 395 g/mol. The van der Waals surface area contributed by atoms with Crippen molar-refractivity contribution in [1.29, 1.82) is 0 Å². The summed E-state index contributed by atoms with van der Waals surface area (Å²) >= 11 is 0. The SMILES string of the molecule is C[Si](C)(C)[Si](C)(C)c1ccc(CN2CCOCCOCCOCC2)cc1. The highest BCUT2D eigenvalue weighted by molar-refractivity contribution is 7.45. The van der Waals surface area contributed by atoms with Gasteiger partial charge in [0.05, 0.1) is 47.2 Å². The molecule has 0 atom stereocenters. The van der Waals surface area contributed by atoms with Crippen molar-refractivity contribution >= 4 is 20.4 Å². The number of hydrogen-bond acceptors (Lipinski definition) is 4. The zero-order valence-electron chi connectivity index (χ0n) is 17.3. The molecule has 1 aromatic rings. The maximum atomic E-state index is 5.68. The van der Waals surface area contributed by atoms with Crippen LogP contribution in [0.1, 0.15) is 5.56 Å². The van der Waals surface area contributed by atoms with Gasteiger partial charge in [-0.3, -0.25) is 4.90 Å². The van der Waals surface area contributed by atoms with E-state index in [-0.39, 0.29) is 0 Å². The Kier molecular flexibility index (Phi) is 8.51. The van der Waals surface area contributed by atoms with Crippen LogP contribution in [0.2, 0.25) is 32.7 Å². The van der Waals surface area contributed by atoms with Crippen molar-refractivity contribution < 1.29 is 14.2 Å². The van der Waals surface area contributed by atoms with Crippen LogP contribution < -0.4 is 5.19 Å². The average Bonchev–Trinajstić information content (AvgIpc) is 2.57. The normalized spacial score (nSPS) is 19.6. The second-order valence-electron chi connectivity index (χ2n) is 8.69. The summed E-state index contributed by atoms with van der Waals surface area (Å²) < 4.78 is 16.8. The second-order valence-corrected chi connectivity index (χ2v) is 25.3. The molecule has 0 aliphatic carbocycles. The number of rotatable bonds is 4. The molecule has 1 aromatic carbocycles. The lowest BCUT2D eigenvalue weighted by molar-refractivity contribution is -0.00689. The zero-order valence-corrected chi connectivity index (χ0v) is 19.3. The van der Waals surface area contributed by atoms with Gasteiger partial charge in [-0.2, -0.15) is 0 Å². The Balaban J connectivity index is 1.96. The van der Waals surface area contributed by atoms with Gasteiger partial charge in [-0.25, -0.2) is 0 Å². The Hall–Kier alpha value is -0.506. The minimum atomic E-state index is -1.32.